The van der Waals surface area contributed by atoms with Crippen LogP contribution in [0.4, 0.5) is 5.13 Å². The Morgan fingerprint density at radius 3 is 2.29 bits per heavy atom. The predicted molar refractivity (Wildman–Crippen MR) is 126 cm³/mol. The zero-order chi connectivity index (χ0) is 21.5. The van der Waals surface area contributed by atoms with Crippen molar-refractivity contribution in [3.63, 3.8) is 0 Å². The lowest BCUT2D eigenvalue weighted by Crippen LogP contribution is -2.45. The molecule has 0 aliphatic carbocycles. The number of carbonyl (C=O) groups is 2. The van der Waals surface area contributed by atoms with Gasteiger partial charge in [-0.1, -0.05) is 66.7 Å². The van der Waals surface area contributed by atoms with Crippen LogP contribution >= 0.6 is 22.7 Å². The highest BCUT2D eigenvalue weighted by Gasteiger charge is 2.23. The molecule has 0 bridgehead atoms. The zero-order valence-electron chi connectivity index (χ0n) is 16.7. The molecule has 0 radical (unpaired) electrons. The first-order valence-electron chi connectivity index (χ1n) is 9.85. The largest absolute Gasteiger partial charge is 0.339 e. The normalized spacial score (nSPS) is 11.6. The van der Waals surface area contributed by atoms with Gasteiger partial charge in [-0.15, -0.1) is 22.7 Å². The predicted octanol–water partition coefficient (Wildman–Crippen LogP) is 4.78. The van der Waals surface area contributed by atoms with Crippen LogP contribution in [0.2, 0.25) is 0 Å². The summed E-state index contributed by atoms with van der Waals surface area (Å²) in [6.07, 6.45) is 2.94. The van der Waals surface area contributed by atoms with Crippen molar-refractivity contribution in [2.24, 2.45) is 0 Å². The molecule has 156 valence electrons. The first-order chi connectivity index (χ1) is 15.2. The molecule has 2 N–H and O–H groups in total. The Bertz CT molecular complexity index is 1130. The molecule has 0 saturated heterocycles. The first-order valence-corrected chi connectivity index (χ1v) is 11.5. The van der Waals surface area contributed by atoms with Gasteiger partial charge in [0, 0.05) is 23.9 Å². The van der Waals surface area contributed by atoms with Crippen LogP contribution in [0.3, 0.4) is 0 Å². The number of thiophene rings is 1. The third-order valence-corrected chi connectivity index (χ3v) is 6.44. The van der Waals surface area contributed by atoms with Crippen molar-refractivity contribution in [2.45, 2.75) is 18.9 Å². The Balaban J connectivity index is 1.45. The van der Waals surface area contributed by atoms with Gasteiger partial charge >= 0.3 is 0 Å². The van der Waals surface area contributed by atoms with Gasteiger partial charge in [-0.25, -0.2) is 4.98 Å². The summed E-state index contributed by atoms with van der Waals surface area (Å²) in [6, 6.07) is 22.6. The number of hydrogen-bond acceptors (Lipinski definition) is 5. The highest BCUT2D eigenvalue weighted by atomic mass is 32.1. The number of anilines is 1. The molecule has 0 fully saturated rings. The summed E-state index contributed by atoms with van der Waals surface area (Å²) in [4.78, 5) is 31.6. The van der Waals surface area contributed by atoms with Gasteiger partial charge in [0.05, 0.1) is 4.88 Å². The minimum Gasteiger partial charge on any atom is -0.339 e. The number of benzene rings is 2. The maximum atomic E-state index is 13.0. The van der Waals surface area contributed by atoms with Crippen LogP contribution in [0, 0.1) is 0 Å². The highest BCUT2D eigenvalue weighted by molar-refractivity contribution is 7.15. The summed E-state index contributed by atoms with van der Waals surface area (Å²) >= 11 is 2.79. The van der Waals surface area contributed by atoms with E-state index in [1.54, 1.807) is 12.3 Å². The van der Waals surface area contributed by atoms with Gasteiger partial charge in [0.25, 0.3) is 5.91 Å². The van der Waals surface area contributed by atoms with E-state index in [-0.39, 0.29) is 11.8 Å². The molecule has 2 heterocycles. The maximum absolute atomic E-state index is 13.0. The van der Waals surface area contributed by atoms with Gasteiger partial charge in [-0.2, -0.15) is 0 Å². The zero-order valence-corrected chi connectivity index (χ0v) is 18.3. The molecule has 0 unspecified atom stereocenters. The van der Waals surface area contributed by atoms with E-state index < -0.39 is 6.04 Å². The topological polar surface area (TPSA) is 71.1 Å². The molecule has 5 nitrogen and oxygen atoms in total. The number of hydrogen-bond donors (Lipinski definition) is 2. The van der Waals surface area contributed by atoms with E-state index in [9.17, 15) is 9.59 Å². The van der Waals surface area contributed by atoms with Crippen LogP contribution < -0.4 is 10.6 Å². The highest BCUT2D eigenvalue weighted by Crippen LogP contribution is 2.21. The number of rotatable bonds is 8. The van der Waals surface area contributed by atoms with Crippen molar-refractivity contribution in [3.8, 4) is 0 Å². The van der Waals surface area contributed by atoms with Gasteiger partial charge in [0.1, 0.15) is 6.04 Å². The second-order valence-electron chi connectivity index (χ2n) is 6.98. The number of aromatic nitrogens is 1. The molecular weight excluding hydrogens is 426 g/mol. The Morgan fingerprint density at radius 2 is 1.61 bits per heavy atom. The lowest BCUT2D eigenvalue weighted by Gasteiger charge is -2.17. The summed E-state index contributed by atoms with van der Waals surface area (Å²) in [5, 5.41) is 8.11. The maximum Gasteiger partial charge on any atom is 0.262 e. The second-order valence-corrected chi connectivity index (χ2v) is 9.04. The summed E-state index contributed by atoms with van der Waals surface area (Å²) in [7, 11) is 0. The van der Waals surface area contributed by atoms with Gasteiger partial charge in [0.15, 0.2) is 5.13 Å². The third kappa shape index (κ3) is 5.87. The molecular formula is C24H21N3O2S2. The van der Waals surface area contributed by atoms with Crippen LogP contribution in [0.1, 0.15) is 25.7 Å². The molecule has 4 aromatic rings. The van der Waals surface area contributed by atoms with Crippen molar-refractivity contribution in [3.05, 3.63) is 105 Å². The molecule has 2 aromatic heterocycles. The number of nitrogens with zero attached hydrogens (tertiary/aromatic N) is 1. The van der Waals surface area contributed by atoms with Gasteiger partial charge in [-0.05, 0) is 22.6 Å². The van der Waals surface area contributed by atoms with Crippen molar-refractivity contribution in [2.75, 3.05) is 5.32 Å². The van der Waals surface area contributed by atoms with Crippen molar-refractivity contribution in [1.82, 2.24) is 10.3 Å². The van der Waals surface area contributed by atoms with E-state index >= 15 is 0 Å². The Kier molecular flexibility index (Phi) is 6.86. The Hall–Kier alpha value is -3.29. The molecule has 1 atom stereocenters. The molecule has 2 aromatic carbocycles. The van der Waals surface area contributed by atoms with E-state index in [0.717, 1.165) is 16.9 Å². The first kappa shape index (κ1) is 21.0. The van der Waals surface area contributed by atoms with Crippen molar-refractivity contribution in [1.29, 1.82) is 0 Å². The quantitative estimate of drug-likeness (QED) is 0.409. The summed E-state index contributed by atoms with van der Waals surface area (Å²) < 4.78 is 0. The average molecular weight is 448 g/mol. The molecule has 0 aliphatic rings. The standard InChI is InChI=1S/C24H21N3O2S2/c28-22(27-24-25-16-19(31-24)14-17-8-3-1-4-9-17)20(15-18-10-5-2-6-11-18)26-23(29)21-12-7-13-30-21/h1-13,16,20H,14-15H2,(H,26,29)(H,25,27,28)/t20-/m1/s1. The Morgan fingerprint density at radius 1 is 0.903 bits per heavy atom. The fraction of sp³-hybridized carbons (Fsp3) is 0.125. The molecule has 7 heteroatoms. The third-order valence-electron chi connectivity index (χ3n) is 4.65. The fourth-order valence-electron chi connectivity index (χ4n) is 3.13. The smallest absolute Gasteiger partial charge is 0.262 e. The molecule has 4 rings (SSSR count). The summed E-state index contributed by atoms with van der Waals surface area (Å²) in [5.41, 5.74) is 2.16. The van der Waals surface area contributed by atoms with E-state index in [2.05, 4.69) is 27.8 Å². The molecule has 0 saturated carbocycles. The molecule has 2 amide bonds. The van der Waals surface area contributed by atoms with Crippen molar-refractivity contribution < 1.29 is 9.59 Å². The second kappa shape index (κ2) is 10.1. The van der Waals surface area contributed by atoms with Crippen LogP contribution in [-0.2, 0) is 17.6 Å². The van der Waals surface area contributed by atoms with Gasteiger partial charge < -0.3 is 10.6 Å². The number of carbonyl (C=O) groups excluding carboxylic acids is 2. The van der Waals surface area contributed by atoms with Gasteiger partial charge in [-0.3, -0.25) is 9.59 Å². The fourth-order valence-corrected chi connectivity index (χ4v) is 4.61. The van der Waals surface area contributed by atoms with Crippen LogP contribution in [0.5, 0.6) is 0 Å². The SMILES string of the molecule is O=C(N[C@H](Cc1ccccc1)C(=O)Nc1ncc(Cc2ccccc2)s1)c1cccs1. The summed E-state index contributed by atoms with van der Waals surface area (Å²) in [5.74, 6) is -0.538. The van der Waals surface area contributed by atoms with Crippen LogP contribution in [0.25, 0.3) is 0 Å². The average Bonchev–Trinajstić information content (AvgIpc) is 3.47. The number of amides is 2. The minimum atomic E-state index is -0.710. The number of thiazole rings is 1. The van der Waals surface area contributed by atoms with Gasteiger partial charge in [0.2, 0.25) is 5.91 Å². The van der Waals surface area contributed by atoms with Crippen LogP contribution in [-0.4, -0.2) is 22.8 Å². The van der Waals surface area contributed by atoms with E-state index in [1.807, 2.05) is 60.0 Å². The number of nitrogens with one attached hydrogen (secondary N) is 2. The van der Waals surface area contributed by atoms with E-state index in [4.69, 9.17) is 0 Å². The molecule has 0 spiro atoms. The Labute approximate surface area is 188 Å². The monoisotopic (exact) mass is 447 g/mol. The van der Waals surface area contributed by atoms with E-state index in [0.29, 0.717) is 16.4 Å². The van der Waals surface area contributed by atoms with Crippen molar-refractivity contribution >= 4 is 39.6 Å². The molecule has 31 heavy (non-hydrogen) atoms. The molecule has 0 aliphatic heterocycles. The summed E-state index contributed by atoms with van der Waals surface area (Å²) in [6.45, 7) is 0. The minimum absolute atomic E-state index is 0.255. The lowest BCUT2D eigenvalue weighted by molar-refractivity contribution is -0.118. The van der Waals surface area contributed by atoms with E-state index in [1.165, 1.54) is 28.2 Å². The van der Waals surface area contributed by atoms with Crippen LogP contribution in [0.15, 0.2) is 84.4 Å². The lowest BCUT2D eigenvalue weighted by atomic mass is 10.1.